The van der Waals surface area contributed by atoms with Crippen LogP contribution in [0.5, 0.6) is 11.5 Å². The lowest BCUT2D eigenvalue weighted by molar-refractivity contribution is 0.0719. The van der Waals surface area contributed by atoms with Crippen molar-refractivity contribution in [3.05, 3.63) is 47.9 Å². The van der Waals surface area contributed by atoms with Gasteiger partial charge in [-0.05, 0) is 44.0 Å². The number of benzene rings is 1. The van der Waals surface area contributed by atoms with E-state index in [0.29, 0.717) is 29.5 Å². The molecule has 1 saturated heterocycles. The third-order valence-corrected chi connectivity index (χ3v) is 5.29. The standard InChI is InChI=1S/C20H20N4O4/c1-2-24-16(7-8-21-24)15-4-3-9-23(15)20(25)14-11-18(28-22-14)13-5-6-17-19(10-13)27-12-26-17/h5-8,10-11,15H,2-4,9,12H2,1H3. The molecule has 28 heavy (non-hydrogen) atoms. The SMILES string of the molecule is CCn1nccc1C1CCCN1C(=O)c1cc(-c2ccc3c(c2)OCO3)on1. The van der Waals surface area contributed by atoms with E-state index in [-0.39, 0.29) is 18.7 Å². The fraction of sp³-hybridized carbons (Fsp3) is 0.350. The van der Waals surface area contributed by atoms with Crippen LogP contribution < -0.4 is 9.47 Å². The molecule has 144 valence electrons. The van der Waals surface area contributed by atoms with Gasteiger partial charge in [0.1, 0.15) is 0 Å². The Morgan fingerprint density at radius 3 is 3.00 bits per heavy atom. The molecule has 1 unspecified atom stereocenters. The van der Waals surface area contributed by atoms with Gasteiger partial charge in [0.05, 0.1) is 11.7 Å². The number of fused-ring (bicyclic) bond motifs is 1. The maximum absolute atomic E-state index is 13.1. The van der Waals surface area contributed by atoms with E-state index in [9.17, 15) is 4.79 Å². The predicted molar refractivity (Wildman–Crippen MR) is 99.0 cm³/mol. The van der Waals surface area contributed by atoms with Crippen molar-refractivity contribution < 1.29 is 18.8 Å². The smallest absolute Gasteiger partial charge is 0.276 e. The molecule has 8 nitrogen and oxygen atoms in total. The summed E-state index contributed by atoms with van der Waals surface area (Å²) in [6, 6.07) is 9.20. The zero-order valence-electron chi connectivity index (χ0n) is 15.5. The summed E-state index contributed by atoms with van der Waals surface area (Å²) < 4.78 is 18.1. The van der Waals surface area contributed by atoms with Crippen LogP contribution in [0.1, 0.15) is 42.0 Å². The average molecular weight is 380 g/mol. The highest BCUT2D eigenvalue weighted by atomic mass is 16.7. The number of ether oxygens (including phenoxy) is 2. The second-order valence-electron chi connectivity index (χ2n) is 6.87. The summed E-state index contributed by atoms with van der Waals surface area (Å²) in [5.41, 5.74) is 2.16. The molecule has 2 aliphatic heterocycles. The van der Waals surface area contributed by atoms with Crippen LogP contribution in [0.25, 0.3) is 11.3 Å². The number of aromatic nitrogens is 3. The van der Waals surface area contributed by atoms with E-state index in [1.165, 1.54) is 0 Å². The third-order valence-electron chi connectivity index (χ3n) is 5.29. The Kier molecular flexibility index (Phi) is 4.03. The molecular weight excluding hydrogens is 360 g/mol. The number of rotatable bonds is 4. The van der Waals surface area contributed by atoms with Crippen molar-refractivity contribution in [2.75, 3.05) is 13.3 Å². The van der Waals surface area contributed by atoms with E-state index in [4.69, 9.17) is 14.0 Å². The van der Waals surface area contributed by atoms with Crippen LogP contribution in [0.4, 0.5) is 0 Å². The second kappa shape index (κ2) is 6.70. The van der Waals surface area contributed by atoms with Crippen LogP contribution in [-0.2, 0) is 6.54 Å². The fourth-order valence-corrected chi connectivity index (χ4v) is 3.92. The Hall–Kier alpha value is -3.29. The molecule has 1 aromatic carbocycles. The van der Waals surface area contributed by atoms with Gasteiger partial charge in [-0.25, -0.2) is 0 Å². The van der Waals surface area contributed by atoms with Gasteiger partial charge in [0.2, 0.25) is 6.79 Å². The van der Waals surface area contributed by atoms with Crippen molar-refractivity contribution in [3.8, 4) is 22.8 Å². The minimum Gasteiger partial charge on any atom is -0.454 e. The summed E-state index contributed by atoms with van der Waals surface area (Å²) in [5, 5.41) is 8.37. The first kappa shape index (κ1) is 16.9. The first-order chi connectivity index (χ1) is 13.7. The highest BCUT2D eigenvalue weighted by Gasteiger charge is 2.34. The number of nitrogens with zero attached hydrogens (tertiary/aromatic N) is 4. The molecule has 4 heterocycles. The Labute approximate surface area is 161 Å². The maximum atomic E-state index is 13.1. The number of hydrogen-bond donors (Lipinski definition) is 0. The lowest BCUT2D eigenvalue weighted by atomic mass is 10.1. The van der Waals surface area contributed by atoms with Crippen molar-refractivity contribution in [2.24, 2.45) is 0 Å². The van der Waals surface area contributed by atoms with Gasteiger partial charge in [-0.3, -0.25) is 9.48 Å². The summed E-state index contributed by atoms with van der Waals surface area (Å²) in [5.74, 6) is 1.76. The van der Waals surface area contributed by atoms with Crippen LogP contribution in [0.2, 0.25) is 0 Å². The average Bonchev–Trinajstić information content (AvgIpc) is 3.52. The molecule has 8 heteroatoms. The normalized spacial score (nSPS) is 18.0. The topological polar surface area (TPSA) is 82.6 Å². The first-order valence-corrected chi connectivity index (χ1v) is 9.44. The minimum absolute atomic E-state index is 0.0145. The van der Waals surface area contributed by atoms with Crippen LogP contribution in [-0.4, -0.2) is 39.1 Å². The second-order valence-corrected chi connectivity index (χ2v) is 6.87. The third kappa shape index (κ3) is 2.72. The van der Waals surface area contributed by atoms with E-state index in [1.807, 2.05) is 40.8 Å². The van der Waals surface area contributed by atoms with E-state index in [2.05, 4.69) is 10.3 Å². The summed E-state index contributed by atoms with van der Waals surface area (Å²) in [6.45, 7) is 3.74. The molecule has 1 atom stereocenters. The van der Waals surface area contributed by atoms with E-state index >= 15 is 0 Å². The van der Waals surface area contributed by atoms with Gasteiger partial charge in [0, 0.05) is 30.9 Å². The summed E-state index contributed by atoms with van der Waals surface area (Å²) >= 11 is 0. The molecule has 0 aliphatic carbocycles. The van der Waals surface area contributed by atoms with Gasteiger partial charge >= 0.3 is 0 Å². The van der Waals surface area contributed by atoms with Crippen molar-refractivity contribution >= 4 is 5.91 Å². The predicted octanol–water partition coefficient (Wildman–Crippen LogP) is 3.26. The van der Waals surface area contributed by atoms with Crippen LogP contribution in [0.15, 0.2) is 41.1 Å². The molecule has 0 N–H and O–H groups in total. The van der Waals surface area contributed by atoms with Gasteiger partial charge in [-0.1, -0.05) is 5.16 Å². The number of hydrogen-bond acceptors (Lipinski definition) is 6. The molecule has 1 amide bonds. The van der Waals surface area contributed by atoms with Crippen molar-refractivity contribution in [2.45, 2.75) is 32.4 Å². The molecule has 1 fully saturated rings. The quantitative estimate of drug-likeness (QED) is 0.691. The number of amides is 1. The molecule has 0 spiro atoms. The van der Waals surface area contributed by atoms with Gasteiger partial charge < -0.3 is 18.9 Å². The summed E-state index contributed by atoms with van der Waals surface area (Å²) in [6.07, 6.45) is 3.66. The molecule has 0 bridgehead atoms. The lowest BCUT2D eigenvalue weighted by Crippen LogP contribution is -2.32. The van der Waals surface area contributed by atoms with E-state index in [0.717, 1.165) is 30.6 Å². The van der Waals surface area contributed by atoms with Gasteiger partial charge in [0.25, 0.3) is 5.91 Å². The number of carbonyl (C=O) groups excluding carboxylic acids is 1. The Morgan fingerprint density at radius 1 is 1.21 bits per heavy atom. The molecule has 0 saturated carbocycles. The van der Waals surface area contributed by atoms with Gasteiger partial charge in [-0.15, -0.1) is 0 Å². The Balaban J connectivity index is 1.40. The van der Waals surface area contributed by atoms with Crippen molar-refractivity contribution in [1.82, 2.24) is 19.8 Å². The van der Waals surface area contributed by atoms with Gasteiger partial charge in [-0.2, -0.15) is 5.10 Å². The van der Waals surface area contributed by atoms with Crippen LogP contribution >= 0.6 is 0 Å². The van der Waals surface area contributed by atoms with E-state index < -0.39 is 0 Å². The number of carbonyl (C=O) groups is 1. The number of likely N-dealkylation sites (tertiary alicyclic amines) is 1. The van der Waals surface area contributed by atoms with Crippen molar-refractivity contribution in [3.63, 3.8) is 0 Å². The molecule has 2 aliphatic rings. The molecule has 0 radical (unpaired) electrons. The Bertz CT molecular complexity index is 1020. The highest BCUT2D eigenvalue weighted by Crippen LogP contribution is 2.37. The minimum atomic E-state index is -0.123. The molecular formula is C20H20N4O4. The first-order valence-electron chi connectivity index (χ1n) is 9.44. The molecule has 2 aromatic heterocycles. The fourth-order valence-electron chi connectivity index (χ4n) is 3.92. The van der Waals surface area contributed by atoms with Crippen LogP contribution in [0, 0.1) is 0 Å². The summed E-state index contributed by atoms with van der Waals surface area (Å²) in [7, 11) is 0. The lowest BCUT2D eigenvalue weighted by Gasteiger charge is -2.24. The monoisotopic (exact) mass is 380 g/mol. The zero-order valence-corrected chi connectivity index (χ0v) is 15.5. The zero-order chi connectivity index (χ0) is 19.1. The molecule has 5 rings (SSSR count). The summed E-state index contributed by atoms with van der Waals surface area (Å²) in [4.78, 5) is 15.0. The van der Waals surface area contributed by atoms with Crippen LogP contribution in [0.3, 0.4) is 0 Å². The largest absolute Gasteiger partial charge is 0.454 e. The highest BCUT2D eigenvalue weighted by molar-refractivity contribution is 5.93. The van der Waals surface area contributed by atoms with Gasteiger partial charge in [0.15, 0.2) is 23.0 Å². The van der Waals surface area contributed by atoms with E-state index in [1.54, 1.807) is 12.3 Å². The maximum Gasteiger partial charge on any atom is 0.276 e. The Morgan fingerprint density at radius 2 is 2.11 bits per heavy atom. The number of aryl methyl sites for hydroxylation is 1. The van der Waals surface area contributed by atoms with Crippen molar-refractivity contribution in [1.29, 1.82) is 0 Å². The molecule has 3 aromatic rings.